The molecule has 0 unspecified atom stereocenters. The highest BCUT2D eigenvalue weighted by molar-refractivity contribution is 14.0. The summed E-state index contributed by atoms with van der Waals surface area (Å²) in [5.74, 6) is 2.98. The minimum Gasteiger partial charge on any atom is -0.496 e. The summed E-state index contributed by atoms with van der Waals surface area (Å²) in [5.41, 5.74) is 2.34. The Morgan fingerprint density at radius 1 is 0.903 bits per heavy atom. The van der Waals surface area contributed by atoms with Crippen molar-refractivity contribution in [3.8, 4) is 17.2 Å². The fourth-order valence-corrected chi connectivity index (χ4v) is 3.70. The zero-order valence-electron chi connectivity index (χ0n) is 18.8. The molecular formula is C23H33IN4O3. The molecule has 3 rings (SSSR count). The number of ether oxygens (including phenoxy) is 3. The Kier molecular flexibility index (Phi) is 10.2. The van der Waals surface area contributed by atoms with E-state index in [0.717, 1.165) is 50.0 Å². The van der Waals surface area contributed by atoms with E-state index in [-0.39, 0.29) is 24.0 Å². The van der Waals surface area contributed by atoms with Crippen molar-refractivity contribution in [2.24, 2.45) is 4.99 Å². The van der Waals surface area contributed by atoms with E-state index >= 15 is 0 Å². The van der Waals surface area contributed by atoms with Gasteiger partial charge in [0.15, 0.2) is 17.5 Å². The summed E-state index contributed by atoms with van der Waals surface area (Å²) < 4.78 is 16.3. The van der Waals surface area contributed by atoms with E-state index in [2.05, 4.69) is 50.4 Å². The lowest BCUT2D eigenvalue weighted by atomic mass is 10.1. The van der Waals surface area contributed by atoms with Gasteiger partial charge in [-0.3, -0.25) is 9.89 Å². The second-order valence-electron chi connectivity index (χ2n) is 7.17. The molecule has 0 aromatic heterocycles. The first-order valence-corrected chi connectivity index (χ1v) is 10.2. The topological polar surface area (TPSA) is 58.6 Å². The molecule has 1 saturated heterocycles. The third-order valence-corrected chi connectivity index (χ3v) is 5.36. The molecule has 0 saturated carbocycles. The molecular weight excluding hydrogens is 507 g/mol. The summed E-state index contributed by atoms with van der Waals surface area (Å²) in [6.45, 7) is 5.47. The molecule has 170 valence electrons. The van der Waals surface area contributed by atoms with Gasteiger partial charge in [-0.2, -0.15) is 0 Å². The third kappa shape index (κ3) is 6.64. The molecule has 7 nitrogen and oxygen atoms in total. The molecule has 0 radical (unpaired) electrons. The molecule has 0 atom stereocenters. The van der Waals surface area contributed by atoms with Crippen molar-refractivity contribution in [1.82, 2.24) is 15.1 Å². The van der Waals surface area contributed by atoms with Crippen molar-refractivity contribution in [1.29, 1.82) is 0 Å². The number of halogens is 1. The van der Waals surface area contributed by atoms with Crippen molar-refractivity contribution in [3.63, 3.8) is 0 Å². The number of piperazine rings is 1. The van der Waals surface area contributed by atoms with Crippen LogP contribution in [0.5, 0.6) is 17.2 Å². The maximum Gasteiger partial charge on any atom is 0.194 e. The van der Waals surface area contributed by atoms with Crippen molar-refractivity contribution in [2.75, 3.05) is 54.6 Å². The number of aliphatic imine (C=N–C) groups is 1. The molecule has 31 heavy (non-hydrogen) atoms. The van der Waals surface area contributed by atoms with Crippen molar-refractivity contribution in [3.05, 3.63) is 53.6 Å². The highest BCUT2D eigenvalue weighted by atomic mass is 127. The average Bonchev–Trinajstić information content (AvgIpc) is 2.80. The molecule has 1 heterocycles. The molecule has 1 aliphatic rings. The van der Waals surface area contributed by atoms with Gasteiger partial charge in [0.1, 0.15) is 5.75 Å². The van der Waals surface area contributed by atoms with Gasteiger partial charge in [0.25, 0.3) is 0 Å². The minimum absolute atomic E-state index is 0. The third-order valence-electron chi connectivity index (χ3n) is 5.36. The number of hydrogen-bond acceptors (Lipinski definition) is 5. The predicted octanol–water partition coefficient (Wildman–Crippen LogP) is 3.22. The summed E-state index contributed by atoms with van der Waals surface area (Å²) in [7, 11) is 6.74. The Bertz CT molecular complexity index is 840. The number of nitrogens with one attached hydrogen (secondary N) is 1. The normalized spacial score (nSPS) is 14.6. The van der Waals surface area contributed by atoms with Crippen molar-refractivity contribution >= 4 is 29.9 Å². The van der Waals surface area contributed by atoms with Crippen molar-refractivity contribution < 1.29 is 14.2 Å². The smallest absolute Gasteiger partial charge is 0.194 e. The zero-order chi connectivity index (χ0) is 21.3. The highest BCUT2D eigenvalue weighted by Gasteiger charge is 2.20. The Hall–Kier alpha value is -2.20. The lowest BCUT2D eigenvalue weighted by molar-refractivity contribution is 0.172. The summed E-state index contributed by atoms with van der Waals surface area (Å²) >= 11 is 0. The van der Waals surface area contributed by atoms with Gasteiger partial charge >= 0.3 is 0 Å². The summed E-state index contributed by atoms with van der Waals surface area (Å²) in [4.78, 5) is 9.27. The van der Waals surface area contributed by atoms with Gasteiger partial charge < -0.3 is 24.4 Å². The Balaban J connectivity index is 0.00000341. The fraction of sp³-hybridized carbons (Fsp3) is 0.435. The van der Waals surface area contributed by atoms with Gasteiger partial charge in [-0.05, 0) is 11.6 Å². The van der Waals surface area contributed by atoms with Crippen LogP contribution in [0.4, 0.5) is 0 Å². The fourth-order valence-electron chi connectivity index (χ4n) is 3.70. The van der Waals surface area contributed by atoms with Gasteiger partial charge in [-0.25, -0.2) is 0 Å². The van der Waals surface area contributed by atoms with Crippen LogP contribution in [0.3, 0.4) is 0 Å². The average molecular weight is 540 g/mol. The van der Waals surface area contributed by atoms with E-state index in [1.54, 1.807) is 21.3 Å². The second-order valence-corrected chi connectivity index (χ2v) is 7.17. The molecule has 2 aromatic rings. The van der Waals surface area contributed by atoms with Gasteiger partial charge in [0.2, 0.25) is 0 Å². The molecule has 0 amide bonds. The van der Waals surface area contributed by atoms with E-state index in [4.69, 9.17) is 14.2 Å². The molecule has 8 heteroatoms. The van der Waals surface area contributed by atoms with E-state index in [1.807, 2.05) is 19.2 Å². The SMILES string of the molecule is CN=C(NCc1cc(OC)c(OC)cc1OC)N1CCN(Cc2ccccc2)CC1.I. The number of guanidine groups is 1. The molecule has 1 N–H and O–H groups in total. The van der Waals surface area contributed by atoms with Crippen LogP contribution in [0.1, 0.15) is 11.1 Å². The summed E-state index contributed by atoms with van der Waals surface area (Å²) in [5, 5.41) is 3.46. The zero-order valence-corrected chi connectivity index (χ0v) is 21.1. The Labute approximate surface area is 202 Å². The molecule has 0 bridgehead atoms. The quantitative estimate of drug-likeness (QED) is 0.331. The first kappa shape index (κ1) is 25.1. The van der Waals surface area contributed by atoms with E-state index in [0.29, 0.717) is 18.0 Å². The van der Waals surface area contributed by atoms with Crippen LogP contribution in [0.2, 0.25) is 0 Å². The van der Waals surface area contributed by atoms with Crippen LogP contribution in [0, 0.1) is 0 Å². The highest BCUT2D eigenvalue weighted by Crippen LogP contribution is 2.34. The predicted molar refractivity (Wildman–Crippen MR) is 135 cm³/mol. The van der Waals surface area contributed by atoms with Crippen LogP contribution in [0.25, 0.3) is 0 Å². The molecule has 2 aromatic carbocycles. The number of hydrogen-bond donors (Lipinski definition) is 1. The monoisotopic (exact) mass is 540 g/mol. The van der Waals surface area contributed by atoms with Crippen LogP contribution in [0.15, 0.2) is 47.5 Å². The maximum absolute atomic E-state index is 5.53. The van der Waals surface area contributed by atoms with Crippen LogP contribution >= 0.6 is 24.0 Å². The first-order valence-electron chi connectivity index (χ1n) is 10.2. The van der Waals surface area contributed by atoms with Crippen LogP contribution in [-0.4, -0.2) is 70.3 Å². The van der Waals surface area contributed by atoms with Gasteiger partial charge in [-0.1, -0.05) is 30.3 Å². The molecule has 1 aliphatic heterocycles. The Morgan fingerprint density at radius 3 is 2.10 bits per heavy atom. The maximum atomic E-state index is 5.53. The van der Waals surface area contributed by atoms with E-state index < -0.39 is 0 Å². The standard InChI is InChI=1S/C23H32N4O3.HI/c1-24-23(25-16-19-14-21(29-3)22(30-4)15-20(19)28-2)27-12-10-26(11-13-27)17-18-8-6-5-7-9-18;/h5-9,14-15H,10-13,16-17H2,1-4H3,(H,24,25);1H. The van der Waals surface area contributed by atoms with Crippen LogP contribution in [-0.2, 0) is 13.1 Å². The number of benzene rings is 2. The second kappa shape index (κ2) is 12.6. The number of nitrogens with zero attached hydrogens (tertiary/aromatic N) is 3. The lowest BCUT2D eigenvalue weighted by Gasteiger charge is -2.36. The van der Waals surface area contributed by atoms with Gasteiger partial charge in [0, 0.05) is 57.9 Å². The summed E-state index contributed by atoms with van der Waals surface area (Å²) in [6.07, 6.45) is 0. The van der Waals surface area contributed by atoms with Gasteiger partial charge in [0.05, 0.1) is 21.3 Å². The van der Waals surface area contributed by atoms with Gasteiger partial charge in [-0.15, -0.1) is 24.0 Å². The molecule has 0 spiro atoms. The Morgan fingerprint density at radius 2 is 1.52 bits per heavy atom. The van der Waals surface area contributed by atoms with E-state index in [1.165, 1.54) is 5.56 Å². The minimum atomic E-state index is 0. The number of rotatable bonds is 7. The summed E-state index contributed by atoms with van der Waals surface area (Å²) in [6, 6.07) is 14.4. The number of methoxy groups -OCH3 is 3. The first-order chi connectivity index (χ1) is 14.7. The molecule has 0 aliphatic carbocycles. The largest absolute Gasteiger partial charge is 0.496 e. The van der Waals surface area contributed by atoms with E-state index in [9.17, 15) is 0 Å². The molecule has 1 fully saturated rings. The van der Waals surface area contributed by atoms with Crippen molar-refractivity contribution in [2.45, 2.75) is 13.1 Å². The van der Waals surface area contributed by atoms with Crippen LogP contribution < -0.4 is 19.5 Å². The lowest BCUT2D eigenvalue weighted by Crippen LogP contribution is -2.52.